The van der Waals surface area contributed by atoms with E-state index in [2.05, 4.69) is 9.97 Å². The summed E-state index contributed by atoms with van der Waals surface area (Å²) in [6, 6.07) is 5.53. The molecule has 2 aromatic rings. The summed E-state index contributed by atoms with van der Waals surface area (Å²) in [5, 5.41) is 0. The molecule has 0 amide bonds. The minimum absolute atomic E-state index is 0.453. The van der Waals surface area contributed by atoms with Gasteiger partial charge in [-0.2, -0.15) is 0 Å². The SMILES string of the molecule is COc1cc(OC)c(Cc2ccnc(=S)[nH]2)c(OC)c1. The maximum atomic E-state index is 5.42. The molecule has 1 aromatic heterocycles. The fourth-order valence-electron chi connectivity index (χ4n) is 1.95. The second-order valence-electron chi connectivity index (χ2n) is 4.09. The summed E-state index contributed by atoms with van der Waals surface area (Å²) in [7, 11) is 4.84. The average Bonchev–Trinajstić information content (AvgIpc) is 2.47. The Kier molecular flexibility index (Phi) is 4.57. The molecule has 2 rings (SSSR count). The Bertz CT molecular complexity index is 630. The number of benzene rings is 1. The molecule has 1 aromatic carbocycles. The Balaban J connectivity index is 2.46. The summed E-state index contributed by atoms with van der Waals surface area (Å²) in [6.45, 7) is 0. The molecule has 0 spiro atoms. The van der Waals surface area contributed by atoms with Gasteiger partial charge in [0, 0.05) is 36.0 Å². The third-order valence-corrected chi connectivity index (χ3v) is 3.13. The van der Waals surface area contributed by atoms with Crippen LogP contribution in [-0.4, -0.2) is 31.3 Å². The molecule has 106 valence electrons. The topological polar surface area (TPSA) is 56.4 Å². The zero-order valence-electron chi connectivity index (χ0n) is 11.6. The third-order valence-electron chi connectivity index (χ3n) is 2.92. The number of rotatable bonds is 5. The molecule has 0 saturated carbocycles. The molecule has 0 fully saturated rings. The molecule has 20 heavy (non-hydrogen) atoms. The molecular formula is C14H16N2O3S. The molecule has 6 heteroatoms. The molecule has 0 aliphatic carbocycles. The van der Waals surface area contributed by atoms with E-state index in [1.54, 1.807) is 27.5 Å². The van der Waals surface area contributed by atoms with Gasteiger partial charge in [-0.15, -0.1) is 0 Å². The van der Waals surface area contributed by atoms with Crippen LogP contribution in [0, 0.1) is 4.77 Å². The smallest absolute Gasteiger partial charge is 0.196 e. The fraction of sp³-hybridized carbons (Fsp3) is 0.286. The number of hydrogen-bond acceptors (Lipinski definition) is 5. The van der Waals surface area contributed by atoms with Crippen molar-refractivity contribution in [3.63, 3.8) is 0 Å². The van der Waals surface area contributed by atoms with Crippen molar-refractivity contribution >= 4 is 12.2 Å². The van der Waals surface area contributed by atoms with Gasteiger partial charge in [0.25, 0.3) is 0 Å². The van der Waals surface area contributed by atoms with Crippen LogP contribution in [0.15, 0.2) is 24.4 Å². The van der Waals surface area contributed by atoms with Crippen molar-refractivity contribution in [2.75, 3.05) is 21.3 Å². The second-order valence-corrected chi connectivity index (χ2v) is 4.47. The van der Waals surface area contributed by atoms with Crippen molar-refractivity contribution in [3.05, 3.63) is 40.4 Å². The normalized spacial score (nSPS) is 10.2. The van der Waals surface area contributed by atoms with E-state index < -0.39 is 0 Å². The number of nitrogens with zero attached hydrogens (tertiary/aromatic N) is 1. The minimum Gasteiger partial charge on any atom is -0.496 e. The molecule has 5 nitrogen and oxygen atoms in total. The minimum atomic E-state index is 0.453. The van der Waals surface area contributed by atoms with Crippen molar-refractivity contribution in [1.82, 2.24) is 9.97 Å². The monoisotopic (exact) mass is 292 g/mol. The van der Waals surface area contributed by atoms with E-state index in [1.807, 2.05) is 18.2 Å². The van der Waals surface area contributed by atoms with Gasteiger partial charge in [-0.05, 0) is 18.3 Å². The lowest BCUT2D eigenvalue weighted by molar-refractivity contribution is 0.369. The van der Waals surface area contributed by atoms with E-state index in [-0.39, 0.29) is 0 Å². The van der Waals surface area contributed by atoms with Gasteiger partial charge in [0.1, 0.15) is 17.2 Å². The number of nitrogens with one attached hydrogen (secondary N) is 1. The Morgan fingerprint density at radius 1 is 1.10 bits per heavy atom. The maximum absolute atomic E-state index is 5.42. The van der Waals surface area contributed by atoms with Crippen molar-refractivity contribution in [2.45, 2.75) is 6.42 Å². The lowest BCUT2D eigenvalue weighted by Crippen LogP contribution is -2.01. The first-order chi connectivity index (χ1) is 9.67. The standard InChI is InChI=1S/C14H16N2O3S/c1-17-10-7-12(18-2)11(13(8-10)19-3)6-9-4-5-15-14(20)16-9/h4-5,7-8H,6H2,1-3H3,(H,15,16,20). The van der Waals surface area contributed by atoms with Crippen molar-refractivity contribution in [2.24, 2.45) is 0 Å². The van der Waals surface area contributed by atoms with Crippen molar-refractivity contribution in [3.8, 4) is 17.2 Å². The first-order valence-electron chi connectivity index (χ1n) is 6.01. The molecule has 0 saturated heterocycles. The van der Waals surface area contributed by atoms with Gasteiger partial charge in [0.05, 0.1) is 21.3 Å². The van der Waals surface area contributed by atoms with Crippen LogP contribution in [0.5, 0.6) is 17.2 Å². The largest absolute Gasteiger partial charge is 0.496 e. The third kappa shape index (κ3) is 3.08. The second kappa shape index (κ2) is 6.38. The number of ether oxygens (including phenoxy) is 3. The van der Waals surface area contributed by atoms with Crippen molar-refractivity contribution in [1.29, 1.82) is 0 Å². The number of aromatic nitrogens is 2. The summed E-state index contributed by atoms with van der Waals surface area (Å²) in [6.07, 6.45) is 2.28. The summed E-state index contributed by atoms with van der Waals surface area (Å²) in [4.78, 5) is 7.02. The van der Waals surface area contributed by atoms with Gasteiger partial charge < -0.3 is 19.2 Å². The molecule has 0 atom stereocenters. The Hall–Kier alpha value is -2.08. The molecule has 0 radical (unpaired) electrons. The summed E-state index contributed by atoms with van der Waals surface area (Å²) >= 11 is 5.03. The van der Waals surface area contributed by atoms with Crippen LogP contribution in [-0.2, 0) is 6.42 Å². The number of H-pyrrole nitrogens is 1. The van der Waals surface area contributed by atoms with Crippen LogP contribution in [0.4, 0.5) is 0 Å². The molecule has 0 unspecified atom stereocenters. The summed E-state index contributed by atoms with van der Waals surface area (Å²) in [5.74, 6) is 2.10. The number of methoxy groups -OCH3 is 3. The van der Waals surface area contributed by atoms with Gasteiger partial charge in [0.2, 0.25) is 0 Å². The van der Waals surface area contributed by atoms with Gasteiger partial charge in [-0.1, -0.05) is 0 Å². The van der Waals surface area contributed by atoms with E-state index in [0.29, 0.717) is 28.4 Å². The highest BCUT2D eigenvalue weighted by Crippen LogP contribution is 2.35. The molecule has 0 aliphatic heterocycles. The maximum Gasteiger partial charge on any atom is 0.196 e. The van der Waals surface area contributed by atoms with Gasteiger partial charge in [-0.3, -0.25) is 0 Å². The Morgan fingerprint density at radius 2 is 1.75 bits per heavy atom. The zero-order valence-corrected chi connectivity index (χ0v) is 12.4. The predicted octanol–water partition coefficient (Wildman–Crippen LogP) is 2.76. The summed E-state index contributed by atoms with van der Waals surface area (Å²) in [5.41, 5.74) is 1.86. The van der Waals surface area contributed by atoms with Crippen LogP contribution in [0.1, 0.15) is 11.3 Å². The molecule has 0 bridgehead atoms. The fourth-order valence-corrected chi connectivity index (χ4v) is 2.14. The first-order valence-corrected chi connectivity index (χ1v) is 6.42. The number of aromatic amines is 1. The van der Waals surface area contributed by atoms with Crippen LogP contribution >= 0.6 is 12.2 Å². The highest BCUT2D eigenvalue weighted by Gasteiger charge is 2.14. The van der Waals surface area contributed by atoms with Gasteiger partial charge in [-0.25, -0.2) is 4.98 Å². The van der Waals surface area contributed by atoms with Crippen molar-refractivity contribution < 1.29 is 14.2 Å². The van der Waals surface area contributed by atoms with Crippen LogP contribution in [0.25, 0.3) is 0 Å². The van der Waals surface area contributed by atoms with E-state index >= 15 is 0 Å². The van der Waals surface area contributed by atoms with Gasteiger partial charge in [0.15, 0.2) is 4.77 Å². The highest BCUT2D eigenvalue weighted by atomic mass is 32.1. The lowest BCUT2D eigenvalue weighted by Gasteiger charge is -2.15. The van der Waals surface area contributed by atoms with Gasteiger partial charge >= 0.3 is 0 Å². The Morgan fingerprint density at radius 3 is 2.25 bits per heavy atom. The Labute approximate surface area is 122 Å². The zero-order chi connectivity index (χ0) is 14.5. The quantitative estimate of drug-likeness (QED) is 0.859. The van der Waals surface area contributed by atoms with Crippen LogP contribution < -0.4 is 14.2 Å². The lowest BCUT2D eigenvalue weighted by atomic mass is 10.1. The average molecular weight is 292 g/mol. The molecule has 1 N–H and O–H groups in total. The molecular weight excluding hydrogens is 276 g/mol. The summed E-state index contributed by atoms with van der Waals surface area (Å²) < 4.78 is 16.5. The number of hydrogen-bond donors (Lipinski definition) is 1. The predicted molar refractivity (Wildman–Crippen MR) is 78.3 cm³/mol. The van der Waals surface area contributed by atoms with Crippen LogP contribution in [0.2, 0.25) is 0 Å². The first kappa shape index (κ1) is 14.3. The van der Waals surface area contributed by atoms with E-state index in [9.17, 15) is 0 Å². The van der Waals surface area contributed by atoms with Crippen LogP contribution in [0.3, 0.4) is 0 Å². The molecule has 1 heterocycles. The van der Waals surface area contributed by atoms with E-state index in [0.717, 1.165) is 11.3 Å². The highest BCUT2D eigenvalue weighted by molar-refractivity contribution is 7.71. The van der Waals surface area contributed by atoms with E-state index in [1.165, 1.54) is 0 Å². The molecule has 0 aliphatic rings. The van der Waals surface area contributed by atoms with E-state index in [4.69, 9.17) is 26.4 Å².